The molecule has 0 atom stereocenters. The number of benzene rings is 8. The van der Waals surface area contributed by atoms with Gasteiger partial charge in [-0.15, -0.1) is 0 Å². The first-order valence-electron chi connectivity index (χ1n) is 22.0. The molecular weight excluding hydrogens is 836 g/mol. The maximum Gasteiger partial charge on any atom is 0.416 e. The highest BCUT2D eigenvalue weighted by Gasteiger charge is 2.35. The van der Waals surface area contributed by atoms with Crippen LogP contribution in [-0.4, -0.2) is 24.5 Å². The van der Waals surface area contributed by atoms with Crippen molar-refractivity contribution < 1.29 is 13.2 Å². The maximum atomic E-state index is 15.8. The number of hydrogen-bond donors (Lipinski definition) is 0. The van der Waals surface area contributed by atoms with Gasteiger partial charge in [0.1, 0.15) is 0 Å². The van der Waals surface area contributed by atoms with Crippen LogP contribution in [0.4, 0.5) is 13.2 Å². The highest BCUT2D eigenvalue weighted by molar-refractivity contribution is 6.11. The smallest absolute Gasteiger partial charge is 0.308 e. The van der Waals surface area contributed by atoms with Gasteiger partial charge in [-0.1, -0.05) is 181 Å². The van der Waals surface area contributed by atoms with Crippen LogP contribution >= 0.6 is 0 Å². The van der Waals surface area contributed by atoms with Crippen molar-refractivity contribution in [2.24, 2.45) is 0 Å². The average molecular weight is 876 g/mol. The van der Waals surface area contributed by atoms with E-state index in [0.29, 0.717) is 28.5 Å². The van der Waals surface area contributed by atoms with Gasteiger partial charge in [0.2, 0.25) is 0 Å². The van der Waals surface area contributed by atoms with Gasteiger partial charge in [0.15, 0.2) is 11.6 Å². The van der Waals surface area contributed by atoms with Crippen molar-refractivity contribution in [3.8, 4) is 84.6 Å². The van der Waals surface area contributed by atoms with E-state index in [1.54, 1.807) is 0 Å². The Labute approximate surface area is 385 Å². The molecule has 322 valence electrons. The second-order valence-electron chi connectivity index (χ2n) is 16.8. The van der Waals surface area contributed by atoms with Gasteiger partial charge in [0.05, 0.1) is 45.1 Å². The van der Waals surface area contributed by atoms with E-state index in [4.69, 9.17) is 19.9 Å². The minimum absolute atomic E-state index is 0.112. The molecule has 8 aromatic carbocycles. The summed E-state index contributed by atoms with van der Waals surface area (Å²) in [4.78, 5) is 20.7. The number of alkyl halides is 3. The molecule has 0 unspecified atom stereocenters. The molecule has 8 heteroatoms. The van der Waals surface area contributed by atoms with Crippen molar-refractivity contribution in [3.05, 3.63) is 223 Å². The largest absolute Gasteiger partial charge is 0.416 e. The van der Waals surface area contributed by atoms with Crippen LogP contribution in [0.3, 0.4) is 0 Å². The topological polar surface area (TPSA) is 56.5 Å². The Bertz CT molecular complexity index is 3340. The van der Waals surface area contributed by atoms with Gasteiger partial charge >= 0.3 is 6.18 Å². The van der Waals surface area contributed by atoms with Crippen molar-refractivity contribution in [1.29, 1.82) is 0 Å². The first-order valence-corrected chi connectivity index (χ1v) is 22.0. The number of rotatable bonds is 8. The zero-order chi connectivity index (χ0) is 45.6. The second kappa shape index (κ2) is 16.8. The van der Waals surface area contributed by atoms with Gasteiger partial charge in [-0.25, -0.2) is 19.9 Å². The van der Waals surface area contributed by atoms with Crippen molar-refractivity contribution in [1.82, 2.24) is 24.5 Å². The molecule has 0 fully saturated rings. The Morgan fingerprint density at radius 3 is 1.19 bits per heavy atom. The van der Waals surface area contributed by atoms with E-state index in [0.717, 1.165) is 66.3 Å². The van der Waals surface area contributed by atoms with E-state index in [1.165, 1.54) is 12.1 Å². The number of para-hydroxylation sites is 1. The molecule has 0 saturated carbocycles. The van der Waals surface area contributed by atoms with Crippen LogP contribution in [0.5, 0.6) is 0 Å². The van der Waals surface area contributed by atoms with Gasteiger partial charge in [-0.3, -0.25) is 0 Å². The maximum absolute atomic E-state index is 15.8. The molecule has 3 heterocycles. The summed E-state index contributed by atoms with van der Waals surface area (Å²) in [7, 11) is 0. The number of hydrogen-bond acceptors (Lipinski definition) is 4. The monoisotopic (exact) mass is 875 g/mol. The lowest BCUT2D eigenvalue weighted by molar-refractivity contribution is -0.137. The third-order valence-corrected chi connectivity index (χ3v) is 12.1. The molecule has 0 bridgehead atoms. The van der Waals surface area contributed by atoms with Crippen LogP contribution < -0.4 is 0 Å². The highest BCUT2D eigenvalue weighted by atomic mass is 19.4. The van der Waals surface area contributed by atoms with E-state index >= 15 is 13.2 Å². The molecule has 0 radical (unpaired) electrons. The molecule has 0 aliphatic heterocycles. The molecular formula is C59H40F3N5. The van der Waals surface area contributed by atoms with E-state index in [1.807, 2.05) is 158 Å². The zero-order valence-electron chi connectivity index (χ0n) is 36.5. The SMILES string of the molecule is Cc1cc(C)cc(-c2ccc3c4ccccc4n(-c4c(-c5nc(-c6ccccc6)cc(-c6ccccc6)n5)cc(C(F)(F)F)cc4-c4nc(-c5ccccc5)cc(-c5ccccc5)n4)c3c2)c1. The summed E-state index contributed by atoms with van der Waals surface area (Å²) in [5.74, 6) is 0.225. The normalized spacial score (nSPS) is 11.7. The molecule has 0 aliphatic carbocycles. The quantitative estimate of drug-likeness (QED) is 0.153. The third-order valence-electron chi connectivity index (χ3n) is 12.1. The summed E-state index contributed by atoms with van der Waals surface area (Å²) in [5.41, 5.74) is 11.0. The van der Waals surface area contributed by atoms with Gasteiger partial charge in [-0.05, 0) is 61.4 Å². The molecule has 3 aromatic heterocycles. The van der Waals surface area contributed by atoms with E-state index in [2.05, 4.69) is 54.8 Å². The lowest BCUT2D eigenvalue weighted by Gasteiger charge is -2.21. The Balaban J connectivity index is 1.32. The van der Waals surface area contributed by atoms with Crippen LogP contribution in [0, 0.1) is 13.8 Å². The summed E-state index contributed by atoms with van der Waals surface area (Å²) in [5, 5.41) is 1.85. The minimum atomic E-state index is -4.78. The van der Waals surface area contributed by atoms with Crippen LogP contribution in [0.1, 0.15) is 16.7 Å². The molecule has 67 heavy (non-hydrogen) atoms. The number of halogens is 3. The fourth-order valence-electron chi connectivity index (χ4n) is 9.07. The molecule has 0 saturated heterocycles. The summed E-state index contributed by atoms with van der Waals surface area (Å²) >= 11 is 0. The molecule has 5 nitrogen and oxygen atoms in total. The summed E-state index contributed by atoms with van der Waals surface area (Å²) < 4.78 is 49.3. The number of fused-ring (bicyclic) bond motifs is 3. The predicted octanol–water partition coefficient (Wildman–Crippen LogP) is 15.7. The van der Waals surface area contributed by atoms with Crippen molar-refractivity contribution in [2.45, 2.75) is 20.0 Å². The van der Waals surface area contributed by atoms with E-state index in [9.17, 15) is 0 Å². The third kappa shape index (κ3) is 7.93. The fraction of sp³-hybridized carbons (Fsp3) is 0.0508. The van der Waals surface area contributed by atoms with Gasteiger partial charge in [0.25, 0.3) is 0 Å². The average Bonchev–Trinajstić information content (AvgIpc) is 3.69. The zero-order valence-corrected chi connectivity index (χ0v) is 36.5. The summed E-state index contributed by atoms with van der Waals surface area (Å²) in [6.07, 6.45) is -4.78. The van der Waals surface area contributed by atoms with Crippen LogP contribution in [0.15, 0.2) is 206 Å². The van der Waals surface area contributed by atoms with Gasteiger partial charge in [-0.2, -0.15) is 13.2 Å². The molecule has 0 N–H and O–H groups in total. The van der Waals surface area contributed by atoms with Crippen LogP contribution in [0.25, 0.3) is 106 Å². The summed E-state index contributed by atoms with van der Waals surface area (Å²) in [6.45, 7) is 4.15. The van der Waals surface area contributed by atoms with Crippen molar-refractivity contribution in [2.75, 3.05) is 0 Å². The molecule has 11 aromatic rings. The summed E-state index contributed by atoms with van der Waals surface area (Å²) in [6, 6.07) is 65.4. The first kappa shape index (κ1) is 41.2. The lowest BCUT2D eigenvalue weighted by atomic mass is 9.98. The number of nitrogens with zero attached hydrogens (tertiary/aromatic N) is 5. The molecule has 0 spiro atoms. The Morgan fingerprint density at radius 2 is 0.761 bits per heavy atom. The first-order chi connectivity index (χ1) is 32.6. The molecule has 0 amide bonds. The standard InChI is InChI=1S/C59H40F3N5/c1-37-29-38(2)31-44(30-37)43-27-28-47-46-25-15-16-26-54(46)67(55(47)32-43)56-48(57-63-50(39-17-7-3-8-18-39)35-51(64-57)40-19-9-4-10-20-40)33-45(59(60,61)62)34-49(56)58-65-52(41-21-11-5-12-22-41)36-53(66-58)42-23-13-6-14-24-42/h3-36H,1-2H3. The second-order valence-corrected chi connectivity index (χ2v) is 16.8. The number of aryl methyl sites for hydroxylation is 2. The van der Waals surface area contributed by atoms with Crippen molar-refractivity contribution >= 4 is 21.8 Å². The molecule has 0 aliphatic rings. The van der Waals surface area contributed by atoms with E-state index in [-0.39, 0.29) is 22.8 Å². The molecule has 11 rings (SSSR count). The van der Waals surface area contributed by atoms with Crippen LogP contribution in [-0.2, 0) is 6.18 Å². The van der Waals surface area contributed by atoms with E-state index < -0.39 is 11.7 Å². The minimum Gasteiger partial charge on any atom is -0.308 e. The number of aromatic nitrogens is 5. The lowest BCUT2D eigenvalue weighted by Crippen LogP contribution is -2.11. The van der Waals surface area contributed by atoms with Crippen molar-refractivity contribution in [3.63, 3.8) is 0 Å². The Hall–Kier alpha value is -8.49. The highest BCUT2D eigenvalue weighted by Crippen LogP contribution is 2.45. The Kier molecular flexibility index (Phi) is 10.3. The fourth-order valence-corrected chi connectivity index (χ4v) is 9.07. The predicted molar refractivity (Wildman–Crippen MR) is 264 cm³/mol. The van der Waals surface area contributed by atoms with Gasteiger partial charge in [0, 0.05) is 44.2 Å². The van der Waals surface area contributed by atoms with Gasteiger partial charge < -0.3 is 4.57 Å². The Morgan fingerprint density at radius 1 is 0.358 bits per heavy atom. The van der Waals surface area contributed by atoms with Crippen LogP contribution in [0.2, 0.25) is 0 Å².